The van der Waals surface area contributed by atoms with Crippen LogP contribution in [0, 0.1) is 13.8 Å². The Morgan fingerprint density at radius 1 is 1.23 bits per heavy atom. The van der Waals surface area contributed by atoms with Crippen LogP contribution >= 0.6 is 11.6 Å². The molecule has 1 N–H and O–H groups in total. The molecule has 0 radical (unpaired) electrons. The van der Waals surface area contributed by atoms with Crippen molar-refractivity contribution in [3.63, 3.8) is 0 Å². The molecule has 1 aliphatic heterocycles. The molecule has 0 atom stereocenters. The molecule has 6 nitrogen and oxygen atoms in total. The Labute approximate surface area is 157 Å². The van der Waals surface area contributed by atoms with E-state index in [2.05, 4.69) is 9.88 Å². The molecule has 1 saturated heterocycles. The highest BCUT2D eigenvalue weighted by Gasteiger charge is 2.35. The molecule has 7 heteroatoms. The van der Waals surface area contributed by atoms with E-state index in [1.54, 1.807) is 37.5 Å². The third-order valence-electron chi connectivity index (χ3n) is 4.38. The number of carbonyl (C=O) groups is 2. The third-order valence-corrected chi connectivity index (χ3v) is 4.61. The summed E-state index contributed by atoms with van der Waals surface area (Å²) in [4.78, 5) is 26.1. The summed E-state index contributed by atoms with van der Waals surface area (Å²) in [5.74, 6) is -0.404. The smallest absolute Gasteiger partial charge is 0.333 e. The number of aromatic nitrogens is 1. The van der Waals surface area contributed by atoms with Gasteiger partial charge in [-0.25, -0.2) is 9.69 Å². The van der Waals surface area contributed by atoms with E-state index in [4.69, 9.17) is 16.3 Å². The number of carbonyl (C=O) groups excluding carboxylic acids is 2. The summed E-state index contributed by atoms with van der Waals surface area (Å²) in [6.07, 6.45) is 1.70. The van der Waals surface area contributed by atoms with Crippen LogP contribution in [0.2, 0.25) is 5.02 Å². The molecule has 136 valence electrons. The molecule has 26 heavy (non-hydrogen) atoms. The average Bonchev–Trinajstić information content (AvgIpc) is 3.02. The van der Waals surface area contributed by atoms with Crippen LogP contribution in [-0.2, 0) is 16.1 Å². The van der Waals surface area contributed by atoms with Gasteiger partial charge in [0.2, 0.25) is 0 Å². The van der Waals surface area contributed by atoms with Crippen molar-refractivity contribution < 1.29 is 14.3 Å². The maximum atomic E-state index is 12.7. The number of methoxy groups -OCH3 is 1. The lowest BCUT2D eigenvalue weighted by atomic mass is 10.2. The number of hydrogen-bond donors (Lipinski definition) is 1. The molecule has 2 aromatic rings. The SMILES string of the molecule is COCCn1c(C)cc(/C=C2\NC(=O)N(c3cccc(Cl)c3)C2=O)c1C. The number of ether oxygens (including phenoxy) is 1. The Morgan fingerprint density at radius 3 is 2.69 bits per heavy atom. The zero-order valence-corrected chi connectivity index (χ0v) is 15.6. The monoisotopic (exact) mass is 373 g/mol. The molecule has 0 aliphatic carbocycles. The highest BCUT2D eigenvalue weighted by atomic mass is 35.5. The van der Waals surface area contributed by atoms with E-state index < -0.39 is 11.9 Å². The van der Waals surface area contributed by atoms with Gasteiger partial charge in [0.25, 0.3) is 5.91 Å². The molecule has 0 bridgehead atoms. The quantitative estimate of drug-likeness (QED) is 0.644. The van der Waals surface area contributed by atoms with Crippen LogP contribution in [0.5, 0.6) is 0 Å². The Balaban J connectivity index is 1.91. The van der Waals surface area contributed by atoms with Gasteiger partial charge in [-0.3, -0.25) is 4.79 Å². The summed E-state index contributed by atoms with van der Waals surface area (Å²) in [5, 5.41) is 3.10. The van der Waals surface area contributed by atoms with E-state index in [0.29, 0.717) is 17.3 Å². The molecule has 2 heterocycles. The van der Waals surface area contributed by atoms with E-state index in [0.717, 1.165) is 28.4 Å². The molecule has 1 aliphatic rings. The first-order valence-electron chi connectivity index (χ1n) is 8.20. The number of imide groups is 1. The van der Waals surface area contributed by atoms with Crippen LogP contribution in [0.15, 0.2) is 36.0 Å². The number of rotatable bonds is 5. The van der Waals surface area contributed by atoms with Gasteiger partial charge in [0.05, 0.1) is 12.3 Å². The highest BCUT2D eigenvalue weighted by Crippen LogP contribution is 2.26. The van der Waals surface area contributed by atoms with Crippen molar-refractivity contribution in [1.82, 2.24) is 9.88 Å². The first-order chi connectivity index (χ1) is 12.4. The zero-order valence-electron chi connectivity index (χ0n) is 14.9. The van der Waals surface area contributed by atoms with Crippen LogP contribution in [0.1, 0.15) is 17.0 Å². The van der Waals surface area contributed by atoms with Gasteiger partial charge in [-0.05, 0) is 49.8 Å². The number of nitrogens with zero attached hydrogens (tertiary/aromatic N) is 2. The van der Waals surface area contributed by atoms with Crippen molar-refractivity contribution in [3.05, 3.63) is 58.0 Å². The number of aryl methyl sites for hydroxylation is 1. The molecule has 3 rings (SSSR count). The van der Waals surface area contributed by atoms with Crippen LogP contribution in [0.25, 0.3) is 6.08 Å². The molecular formula is C19H20ClN3O3. The van der Waals surface area contributed by atoms with Gasteiger partial charge < -0.3 is 14.6 Å². The molecule has 0 spiro atoms. The molecule has 1 fully saturated rings. The van der Waals surface area contributed by atoms with Crippen molar-refractivity contribution >= 4 is 35.3 Å². The van der Waals surface area contributed by atoms with E-state index in [1.807, 2.05) is 19.9 Å². The fraction of sp³-hybridized carbons (Fsp3) is 0.263. The summed E-state index contributed by atoms with van der Waals surface area (Å²) >= 11 is 5.97. The molecular weight excluding hydrogens is 354 g/mol. The molecule has 1 aromatic heterocycles. The minimum absolute atomic E-state index is 0.238. The van der Waals surface area contributed by atoms with Gasteiger partial charge in [-0.1, -0.05) is 17.7 Å². The average molecular weight is 374 g/mol. The molecule has 0 saturated carbocycles. The number of urea groups is 1. The first kappa shape index (κ1) is 18.2. The summed E-state index contributed by atoms with van der Waals surface area (Å²) < 4.78 is 7.25. The summed E-state index contributed by atoms with van der Waals surface area (Å²) in [6, 6.07) is 8.14. The summed E-state index contributed by atoms with van der Waals surface area (Å²) in [6.45, 7) is 5.31. The lowest BCUT2D eigenvalue weighted by molar-refractivity contribution is -0.113. The number of halogens is 1. The summed E-state index contributed by atoms with van der Waals surface area (Å²) in [5.41, 5.74) is 3.64. The van der Waals surface area contributed by atoms with Crippen LogP contribution in [-0.4, -0.2) is 30.2 Å². The van der Waals surface area contributed by atoms with Gasteiger partial charge in [-0.15, -0.1) is 0 Å². The van der Waals surface area contributed by atoms with Crippen molar-refractivity contribution in [3.8, 4) is 0 Å². The van der Waals surface area contributed by atoms with Crippen molar-refractivity contribution in [2.75, 3.05) is 18.6 Å². The fourth-order valence-corrected chi connectivity index (χ4v) is 3.23. The largest absolute Gasteiger partial charge is 0.383 e. The second-order valence-electron chi connectivity index (χ2n) is 6.08. The third kappa shape index (κ3) is 3.38. The predicted octanol–water partition coefficient (Wildman–Crippen LogP) is 3.50. The van der Waals surface area contributed by atoms with Crippen molar-refractivity contribution in [2.24, 2.45) is 0 Å². The maximum absolute atomic E-state index is 12.7. The Kier molecular flexibility index (Phi) is 5.15. The van der Waals surface area contributed by atoms with E-state index in [-0.39, 0.29) is 5.70 Å². The molecule has 3 amide bonds. The highest BCUT2D eigenvalue weighted by molar-refractivity contribution is 6.32. The van der Waals surface area contributed by atoms with Crippen LogP contribution < -0.4 is 10.2 Å². The van der Waals surface area contributed by atoms with Gasteiger partial charge in [0.15, 0.2) is 0 Å². The maximum Gasteiger partial charge on any atom is 0.333 e. The van der Waals surface area contributed by atoms with Crippen LogP contribution in [0.3, 0.4) is 0 Å². The number of amides is 3. The van der Waals surface area contributed by atoms with Gasteiger partial charge in [0.1, 0.15) is 5.70 Å². The molecule has 1 aromatic carbocycles. The van der Waals surface area contributed by atoms with Crippen LogP contribution in [0.4, 0.5) is 10.5 Å². The van der Waals surface area contributed by atoms with Crippen molar-refractivity contribution in [1.29, 1.82) is 0 Å². The standard InChI is InChI=1S/C19H20ClN3O3/c1-12-9-14(13(2)22(12)7-8-26-3)10-17-18(24)23(19(25)21-17)16-6-4-5-15(20)11-16/h4-6,9-11H,7-8H2,1-3H3,(H,21,25)/b17-10-. The first-order valence-corrected chi connectivity index (χ1v) is 8.58. The van der Waals surface area contributed by atoms with Gasteiger partial charge in [-0.2, -0.15) is 0 Å². The summed E-state index contributed by atoms with van der Waals surface area (Å²) in [7, 11) is 1.66. The molecule has 0 unspecified atom stereocenters. The normalized spacial score (nSPS) is 15.8. The van der Waals surface area contributed by atoms with E-state index in [9.17, 15) is 9.59 Å². The minimum atomic E-state index is -0.489. The topological polar surface area (TPSA) is 63.6 Å². The Bertz CT molecular complexity index is 901. The van der Waals surface area contributed by atoms with E-state index >= 15 is 0 Å². The predicted molar refractivity (Wildman–Crippen MR) is 101 cm³/mol. The second-order valence-corrected chi connectivity index (χ2v) is 6.52. The van der Waals surface area contributed by atoms with E-state index in [1.165, 1.54) is 0 Å². The van der Waals surface area contributed by atoms with Crippen molar-refractivity contribution in [2.45, 2.75) is 20.4 Å². The van der Waals surface area contributed by atoms with Gasteiger partial charge in [0, 0.05) is 30.1 Å². The minimum Gasteiger partial charge on any atom is -0.383 e. The second kappa shape index (κ2) is 7.35. The zero-order chi connectivity index (χ0) is 18.8. The Morgan fingerprint density at radius 2 is 2.00 bits per heavy atom. The number of nitrogens with one attached hydrogen (secondary N) is 1. The Hall–Kier alpha value is -2.57. The fourth-order valence-electron chi connectivity index (χ4n) is 3.04. The number of anilines is 1. The van der Waals surface area contributed by atoms with Gasteiger partial charge >= 0.3 is 6.03 Å². The lowest BCUT2D eigenvalue weighted by Gasteiger charge is -2.11. The number of hydrogen-bond acceptors (Lipinski definition) is 3. The number of benzene rings is 1. The lowest BCUT2D eigenvalue weighted by Crippen LogP contribution is -2.30.